The number of fused-ring (bicyclic) bond motifs is 3. The van der Waals surface area contributed by atoms with Gasteiger partial charge in [0.1, 0.15) is 46.6 Å². The van der Waals surface area contributed by atoms with Crippen molar-refractivity contribution in [2.75, 3.05) is 27.0 Å². The number of methoxy groups -OCH3 is 1. The first kappa shape index (κ1) is 43.4. The number of sulfonamides is 1. The maximum absolute atomic E-state index is 15.7. The van der Waals surface area contributed by atoms with Crippen molar-refractivity contribution in [3.63, 3.8) is 0 Å². The number of amides is 4. The van der Waals surface area contributed by atoms with Crippen LogP contribution in [0, 0.1) is 17.8 Å². The molecule has 2 saturated carbocycles. The van der Waals surface area contributed by atoms with Gasteiger partial charge in [-0.3, -0.25) is 29.0 Å². The van der Waals surface area contributed by atoms with E-state index in [0.717, 1.165) is 4.90 Å². The quantitative estimate of drug-likeness (QED) is 0.238. The molecular weight excluding hydrogens is 819 g/mol. The van der Waals surface area contributed by atoms with E-state index in [1.807, 2.05) is 11.6 Å². The summed E-state index contributed by atoms with van der Waals surface area (Å²) in [7, 11) is -3.19. The highest BCUT2D eigenvalue weighted by Crippen LogP contribution is 2.49. The summed E-state index contributed by atoms with van der Waals surface area (Å²) in [6.07, 6.45) is -2.05. The van der Waals surface area contributed by atoms with Crippen LogP contribution in [0.15, 0.2) is 42.7 Å². The fourth-order valence-corrected chi connectivity index (χ4v) is 10.6. The molecule has 1 aromatic carbocycles. The number of pyridine rings is 1. The van der Waals surface area contributed by atoms with Crippen molar-refractivity contribution in [3.8, 4) is 11.5 Å². The van der Waals surface area contributed by atoms with Crippen molar-refractivity contribution < 1.29 is 64.5 Å². The van der Waals surface area contributed by atoms with Gasteiger partial charge in [0.2, 0.25) is 21.8 Å². The average molecular weight is 868 g/mol. The van der Waals surface area contributed by atoms with Crippen LogP contribution in [0.3, 0.4) is 0 Å². The molecule has 9 atom stereocenters. The second-order valence-electron chi connectivity index (χ2n) is 16.9. The lowest BCUT2D eigenvalue weighted by Gasteiger charge is -2.41. The smallest absolute Gasteiger partial charge is 0.412 e. The van der Waals surface area contributed by atoms with E-state index in [1.165, 1.54) is 31.6 Å². The zero-order valence-corrected chi connectivity index (χ0v) is 34.1. The molecule has 4 fully saturated rings. The van der Waals surface area contributed by atoms with Crippen molar-refractivity contribution in [2.45, 2.75) is 112 Å². The average Bonchev–Trinajstić information content (AvgIpc) is 4.01. The summed E-state index contributed by atoms with van der Waals surface area (Å²) in [5, 5.41) is 14.2. The number of rotatable bonds is 9. The van der Waals surface area contributed by atoms with Crippen molar-refractivity contribution in [1.29, 1.82) is 0 Å². The molecular formula is C40H49F4N5O10S. The van der Waals surface area contributed by atoms with E-state index in [1.54, 1.807) is 25.1 Å². The molecule has 1 aromatic heterocycles. The first-order valence-corrected chi connectivity index (χ1v) is 21.5. The molecule has 4 amide bonds. The summed E-state index contributed by atoms with van der Waals surface area (Å²) < 4.78 is 104. The van der Waals surface area contributed by atoms with E-state index in [9.17, 15) is 32.3 Å². The van der Waals surface area contributed by atoms with Crippen LogP contribution in [0.2, 0.25) is 0 Å². The third-order valence-corrected chi connectivity index (χ3v) is 14.8. The lowest BCUT2D eigenvalue weighted by atomic mass is 9.86. The fraction of sp³-hybridized carbons (Fsp3) is 0.625. The third kappa shape index (κ3) is 8.08. The maximum Gasteiger partial charge on any atom is 0.412 e. The van der Waals surface area contributed by atoms with Gasteiger partial charge < -0.3 is 29.5 Å². The number of alkyl halides is 4. The normalized spacial score (nSPS) is 32.4. The zero-order valence-electron chi connectivity index (χ0n) is 33.3. The van der Waals surface area contributed by atoms with Gasteiger partial charge in [0, 0.05) is 35.9 Å². The predicted octanol–water partition coefficient (Wildman–Crippen LogP) is 4.50. The summed E-state index contributed by atoms with van der Waals surface area (Å²) in [5.74, 6) is -5.28. The van der Waals surface area contributed by atoms with Gasteiger partial charge in [0.15, 0.2) is 6.04 Å². The van der Waals surface area contributed by atoms with E-state index in [0.29, 0.717) is 34.3 Å². The number of allylic oxidation sites excluding steroid dienone is 1. The predicted molar refractivity (Wildman–Crippen MR) is 206 cm³/mol. The molecule has 0 bridgehead atoms. The summed E-state index contributed by atoms with van der Waals surface area (Å²) >= 11 is 0. The second kappa shape index (κ2) is 16.3. The van der Waals surface area contributed by atoms with Crippen LogP contribution in [0.5, 0.6) is 11.5 Å². The van der Waals surface area contributed by atoms with Gasteiger partial charge in [-0.1, -0.05) is 26.0 Å². The topological polar surface area (TPSA) is 194 Å². The number of carbonyl (C=O) groups is 4. The summed E-state index contributed by atoms with van der Waals surface area (Å²) in [5.41, 5.74) is -1.98. The summed E-state index contributed by atoms with van der Waals surface area (Å²) in [6.45, 7) is 2.26. The van der Waals surface area contributed by atoms with Crippen LogP contribution < -0.4 is 19.5 Å². The Morgan fingerprint density at radius 3 is 2.53 bits per heavy atom. The largest absolute Gasteiger partial charge is 0.494 e. The highest BCUT2D eigenvalue weighted by atomic mass is 32.2. The van der Waals surface area contributed by atoms with Gasteiger partial charge >= 0.3 is 12.3 Å². The maximum atomic E-state index is 15.7. The Kier molecular flexibility index (Phi) is 11.8. The molecule has 0 radical (unpaired) electrons. The van der Waals surface area contributed by atoms with Gasteiger partial charge in [-0.05, 0) is 75.0 Å². The molecule has 2 aliphatic carbocycles. The Morgan fingerprint density at radius 2 is 1.90 bits per heavy atom. The molecule has 5 aliphatic rings. The molecule has 20 heteroatoms. The van der Waals surface area contributed by atoms with Gasteiger partial charge in [-0.2, -0.15) is 13.2 Å². The van der Waals surface area contributed by atoms with E-state index in [2.05, 4.69) is 10.3 Å². The number of aromatic nitrogens is 1. The van der Waals surface area contributed by atoms with Crippen molar-refractivity contribution in [3.05, 3.63) is 42.7 Å². The van der Waals surface area contributed by atoms with Gasteiger partial charge in [-0.15, -0.1) is 0 Å². The number of hydrogen-bond donors (Lipinski definition) is 3. The second-order valence-corrected chi connectivity index (χ2v) is 18.9. The minimum atomic E-state index is -5.25. The molecule has 3 aliphatic heterocycles. The van der Waals surface area contributed by atoms with Crippen LogP contribution >= 0.6 is 0 Å². The molecule has 3 N–H and O–H groups in total. The molecule has 2 unspecified atom stereocenters. The van der Waals surface area contributed by atoms with E-state index >= 15 is 18.0 Å². The fourth-order valence-electron chi connectivity index (χ4n) is 9.14. The molecule has 7 rings (SSSR count). The molecule has 60 heavy (non-hydrogen) atoms. The van der Waals surface area contributed by atoms with E-state index in [4.69, 9.17) is 14.2 Å². The van der Waals surface area contributed by atoms with Crippen LogP contribution in [0.1, 0.15) is 65.2 Å². The highest BCUT2D eigenvalue weighted by Gasteiger charge is 2.66. The lowest BCUT2D eigenvalue weighted by molar-refractivity contribution is -0.200. The third-order valence-electron chi connectivity index (χ3n) is 12.7. The highest BCUT2D eigenvalue weighted by molar-refractivity contribution is 7.91. The van der Waals surface area contributed by atoms with Crippen LogP contribution in [-0.2, 0) is 29.1 Å². The number of benzene rings is 1. The number of carboxylic acid groups (broad SMARTS) is 1. The number of halogens is 4. The van der Waals surface area contributed by atoms with E-state index < -0.39 is 106 Å². The van der Waals surface area contributed by atoms with Crippen LogP contribution in [0.4, 0.5) is 22.4 Å². The Hall–Kier alpha value is -4.72. The number of hydrogen-bond acceptors (Lipinski definition) is 10. The number of carbonyl (C=O) groups excluding carboxylic acids is 3. The molecule has 2 saturated heterocycles. The summed E-state index contributed by atoms with van der Waals surface area (Å²) in [4.78, 5) is 62.2. The van der Waals surface area contributed by atoms with Crippen molar-refractivity contribution in [1.82, 2.24) is 24.8 Å². The van der Waals surface area contributed by atoms with Crippen LogP contribution in [0.25, 0.3) is 10.8 Å². The SMILES string of the molecule is COc1cncc2ccc(O[C@@H]3C[C@H]4C(=O)N[C@]5(C(=O)NS(=O)(=O)C6(CF)CC6)C[C@H]5/C=C\CC[C@H](C)C[C@@H](C)[C@H](N(C(=O)O)C5CCOC5)C(=O)N4C3C(F)(F)F)cc12. The standard InChI is InChI=1S/C40H49F4N5O10S/c1-22-6-4-5-7-25-17-39(25,36(52)47-60(55,56)38(21-41)11-12-38)46-34(50)29-16-30(59-27-9-8-24-18-45-19-31(57-3)28(24)15-27)33(40(42,43)44)49(29)35(51)32(23(2)14-22)48(37(53)54)26-10-13-58-20-26/h5,7-9,15,18-19,22-23,25-26,29-30,32-33H,4,6,10-14,16-17,20-21H2,1-3H3,(H,46,50)(H,47,52)(H,53,54)/b7-5-/t22-,23+,25+,26?,29-,30+,32-,33?,39+/m0/s1. The Bertz CT molecular complexity index is 2150. The number of nitrogens with one attached hydrogen (secondary N) is 2. The Labute approximate surface area is 344 Å². The molecule has 328 valence electrons. The first-order chi connectivity index (χ1) is 28.4. The minimum absolute atomic E-state index is 0.0346. The lowest BCUT2D eigenvalue weighted by Crippen LogP contribution is -2.64. The molecule has 15 nitrogen and oxygen atoms in total. The van der Waals surface area contributed by atoms with E-state index in [-0.39, 0.29) is 57.0 Å². The zero-order chi connectivity index (χ0) is 43.4. The molecule has 0 spiro atoms. The number of nitrogens with zero attached hydrogens (tertiary/aromatic N) is 3. The van der Waals surface area contributed by atoms with Crippen LogP contribution in [-0.4, -0.2) is 126 Å². The Balaban J connectivity index is 1.33. The van der Waals surface area contributed by atoms with Gasteiger partial charge in [-0.25, -0.2) is 17.6 Å². The minimum Gasteiger partial charge on any atom is -0.494 e. The first-order valence-electron chi connectivity index (χ1n) is 20.0. The Morgan fingerprint density at radius 1 is 1.15 bits per heavy atom. The molecule has 2 aromatic rings. The monoisotopic (exact) mass is 867 g/mol. The molecule has 4 heterocycles. The van der Waals surface area contributed by atoms with Crippen molar-refractivity contribution in [2.24, 2.45) is 17.8 Å². The summed E-state index contributed by atoms with van der Waals surface area (Å²) in [6, 6.07) is -2.99. The van der Waals surface area contributed by atoms with Crippen molar-refractivity contribution >= 4 is 44.6 Å². The van der Waals surface area contributed by atoms with Gasteiger partial charge in [0.25, 0.3) is 5.91 Å². The number of ether oxygens (including phenoxy) is 3. The van der Waals surface area contributed by atoms with Gasteiger partial charge in [0.05, 0.1) is 26.0 Å².